The standard InChI is InChI=1S/C69H63Si.3ClH.Ti/c1-51-50-69(4,53(3)52(51)2)70(66-47-60(41-54-23-11-5-12-24-54)35-38-63(66)44-57-29-17-8-18-30-57,67-48-61(42-55-25-13-6-14-26-55)36-39-64(67)45-58-31-19-9-20-32-58)68-49-62(43-56-27-15-7-16-28-56)37-40-65(68)46-59-33-21-10-22-34-59;;;;/h5-40,47-49H,41-46H2,1-4H3;3*1H;/q;;;;+3/p-3. The van der Waals surface area contributed by atoms with E-state index in [-0.39, 0.29) is 42.3 Å². The van der Waals surface area contributed by atoms with Gasteiger partial charge in [0, 0.05) is 0 Å². The van der Waals surface area contributed by atoms with Crippen molar-refractivity contribution in [3.8, 4) is 0 Å². The van der Waals surface area contributed by atoms with Crippen molar-refractivity contribution in [1.29, 1.82) is 0 Å². The van der Waals surface area contributed by atoms with Gasteiger partial charge in [-0.1, -0.05) is 0 Å². The minimum atomic E-state index is -3.48. The molecule has 74 heavy (non-hydrogen) atoms. The molecule has 0 nitrogen and oxygen atoms in total. The smallest absolute Gasteiger partial charge is 1.00 e. The third-order valence-corrected chi connectivity index (χ3v) is 23.4. The Bertz CT molecular complexity index is 3000. The number of hydrogen-bond acceptors (Lipinski definition) is 0. The van der Waals surface area contributed by atoms with E-state index in [0.717, 1.165) is 38.5 Å². The summed E-state index contributed by atoms with van der Waals surface area (Å²) in [5.41, 5.74) is 20.7. The van der Waals surface area contributed by atoms with Crippen molar-refractivity contribution in [3.05, 3.63) is 324 Å². The van der Waals surface area contributed by atoms with E-state index < -0.39 is 8.07 Å². The fourth-order valence-corrected chi connectivity index (χ4v) is 20.2. The van der Waals surface area contributed by atoms with Crippen LogP contribution < -0.4 is 52.8 Å². The van der Waals surface area contributed by atoms with Gasteiger partial charge in [-0.05, 0) is 0 Å². The van der Waals surface area contributed by atoms with Crippen molar-refractivity contribution in [3.63, 3.8) is 0 Å². The molecule has 0 aliphatic heterocycles. The number of halogens is 3. The number of hydrogen-bond donors (Lipinski definition) is 0. The van der Waals surface area contributed by atoms with E-state index in [1.54, 1.807) is 0 Å². The summed E-state index contributed by atoms with van der Waals surface area (Å²) in [6.07, 6.45) is 5.09. The van der Waals surface area contributed by atoms with Crippen molar-refractivity contribution in [2.75, 3.05) is 0 Å². The van der Waals surface area contributed by atoms with Gasteiger partial charge in [-0.2, -0.15) is 0 Å². The quantitative estimate of drug-likeness (QED) is 0.0870. The van der Waals surface area contributed by atoms with Gasteiger partial charge in [0.25, 0.3) is 0 Å². The molecule has 0 saturated heterocycles. The van der Waals surface area contributed by atoms with Crippen LogP contribution in [0.2, 0.25) is 5.04 Å². The first-order chi connectivity index (χ1) is 34.7. The Balaban J connectivity index is 0.00000267. The Kier molecular flexibility index (Phi) is 19.1. The first-order valence-corrected chi connectivity index (χ1v) is 28.2. The Morgan fingerprint density at radius 1 is 0.311 bits per heavy atom. The Hall–Kier alpha value is -5.74. The van der Waals surface area contributed by atoms with Crippen molar-refractivity contribution in [2.45, 2.75) is 71.3 Å². The van der Waals surface area contributed by atoms with E-state index in [1.165, 1.54) is 103 Å². The molecule has 0 saturated carbocycles. The van der Waals surface area contributed by atoms with Gasteiger partial charge in [-0.15, -0.1) is 0 Å². The molecule has 5 heteroatoms. The molecule has 0 aromatic heterocycles. The van der Waals surface area contributed by atoms with Crippen LogP contribution in [-0.2, 0) is 59.0 Å². The second-order valence-electron chi connectivity index (χ2n) is 20.1. The van der Waals surface area contributed by atoms with Gasteiger partial charge in [0.15, 0.2) is 0 Å². The molecular formula is C69H63Cl3SiTi. The van der Waals surface area contributed by atoms with Gasteiger partial charge >= 0.3 is 439 Å². The average molecular weight is 1070 g/mol. The minimum absolute atomic E-state index is 0. The van der Waals surface area contributed by atoms with Crippen LogP contribution in [0, 0.1) is 0 Å². The predicted molar refractivity (Wildman–Crippen MR) is 299 cm³/mol. The molecule has 1 atom stereocenters. The number of rotatable bonds is 16. The van der Waals surface area contributed by atoms with E-state index in [1.807, 2.05) is 0 Å². The maximum atomic E-state index is 2.72. The second kappa shape index (κ2) is 25.2. The van der Waals surface area contributed by atoms with E-state index in [0.29, 0.717) is 0 Å². The van der Waals surface area contributed by atoms with E-state index >= 15 is 0 Å². The van der Waals surface area contributed by atoms with Crippen LogP contribution in [0.4, 0.5) is 0 Å². The van der Waals surface area contributed by atoms with E-state index in [2.05, 4.69) is 285 Å². The van der Waals surface area contributed by atoms with Crippen LogP contribution in [0.5, 0.6) is 0 Å². The molecule has 1 aliphatic carbocycles. The molecule has 0 bridgehead atoms. The Labute approximate surface area is 472 Å². The summed E-state index contributed by atoms with van der Waals surface area (Å²) in [7, 11) is -3.48. The third-order valence-electron chi connectivity index (χ3n) is 15.7. The van der Waals surface area contributed by atoms with Crippen molar-refractivity contribution < 1.29 is 57.7 Å². The second-order valence-corrected chi connectivity index (χ2v) is 25.0. The van der Waals surface area contributed by atoms with Crippen LogP contribution in [0.15, 0.2) is 257 Å². The predicted octanol–water partition coefficient (Wildman–Crippen LogP) is 5.64. The zero-order chi connectivity index (χ0) is 48.8. The molecule has 0 amide bonds. The molecule has 368 valence electrons. The molecule has 0 heterocycles. The van der Waals surface area contributed by atoms with E-state index in [4.69, 9.17) is 0 Å². The van der Waals surface area contributed by atoms with Crippen LogP contribution in [0.25, 0.3) is 0 Å². The SMILES string of the molecule is CC1=C(C)C(C)([Si](c2cc(Cc3ccccc3)ccc2Cc2ccccc2)(c2cc(Cc3ccccc3)ccc2Cc2ccccc2)c2cc(Cc3ccccc3)ccc2Cc2ccccc2)[C]([Ti+3])=C1C.[Cl-].[Cl-].[Cl-]. The van der Waals surface area contributed by atoms with E-state index in [9.17, 15) is 0 Å². The summed E-state index contributed by atoms with van der Waals surface area (Å²) in [5.74, 6) is 0. The Morgan fingerprint density at radius 3 is 0.784 bits per heavy atom. The average Bonchev–Trinajstić information content (AvgIpc) is 3.55. The van der Waals surface area contributed by atoms with Crippen molar-refractivity contribution >= 4 is 23.6 Å². The monoisotopic (exact) mass is 1070 g/mol. The van der Waals surface area contributed by atoms with Gasteiger partial charge in [-0.3, -0.25) is 0 Å². The van der Waals surface area contributed by atoms with Crippen molar-refractivity contribution in [2.24, 2.45) is 0 Å². The molecular weight excluding hydrogens is 1010 g/mol. The van der Waals surface area contributed by atoms with Gasteiger partial charge in [-0.25, -0.2) is 0 Å². The van der Waals surface area contributed by atoms with Crippen LogP contribution in [0.1, 0.15) is 94.5 Å². The van der Waals surface area contributed by atoms with Crippen LogP contribution in [-0.4, -0.2) is 8.07 Å². The molecule has 9 aromatic carbocycles. The molecule has 9 aromatic rings. The van der Waals surface area contributed by atoms with Crippen LogP contribution in [0.3, 0.4) is 0 Å². The summed E-state index contributed by atoms with van der Waals surface area (Å²) in [4.78, 5) is 0. The largest absolute Gasteiger partial charge is 1.00 e. The van der Waals surface area contributed by atoms with Gasteiger partial charge in [0.2, 0.25) is 0 Å². The zero-order valence-electron chi connectivity index (χ0n) is 42.9. The first kappa shape index (κ1) is 56.0. The van der Waals surface area contributed by atoms with Crippen molar-refractivity contribution in [1.82, 2.24) is 0 Å². The maximum absolute atomic E-state index is 3.48. The van der Waals surface area contributed by atoms with Crippen LogP contribution >= 0.6 is 0 Å². The number of benzene rings is 9. The zero-order valence-corrected chi connectivity index (χ0v) is 47.7. The molecule has 0 fully saturated rings. The summed E-state index contributed by atoms with van der Waals surface area (Å²) >= 11 is 2.50. The fraction of sp³-hybridized carbons (Fsp3) is 0.159. The molecule has 0 spiro atoms. The fourth-order valence-electron chi connectivity index (χ4n) is 11.8. The molecule has 1 unspecified atom stereocenters. The van der Waals surface area contributed by atoms with Gasteiger partial charge in [0.1, 0.15) is 0 Å². The molecule has 0 N–H and O–H groups in total. The molecule has 1 aliphatic rings. The third kappa shape index (κ3) is 11.6. The minimum Gasteiger partial charge on any atom is -1.00 e. The summed E-state index contributed by atoms with van der Waals surface area (Å²) in [5, 5.41) is 4.20. The number of allylic oxidation sites excluding steroid dienone is 4. The maximum Gasteiger partial charge on any atom is -1.00 e. The molecule has 10 rings (SSSR count). The summed E-state index contributed by atoms with van der Waals surface area (Å²) < 4.78 is 1.50. The Morgan fingerprint density at radius 2 is 0.554 bits per heavy atom. The summed E-state index contributed by atoms with van der Waals surface area (Å²) in [6, 6.07) is 90.1. The normalized spacial score (nSPS) is 14.2. The molecule has 0 radical (unpaired) electrons. The van der Waals surface area contributed by atoms with Gasteiger partial charge < -0.3 is 37.2 Å². The first-order valence-electron chi connectivity index (χ1n) is 25.4. The summed E-state index contributed by atoms with van der Waals surface area (Å²) in [6.45, 7) is 9.99. The topological polar surface area (TPSA) is 0 Å². The van der Waals surface area contributed by atoms with Gasteiger partial charge in [0.05, 0.1) is 0 Å².